The quantitative estimate of drug-likeness (QED) is 0.333. The number of hydrogen-bond acceptors (Lipinski definition) is 4. The summed E-state index contributed by atoms with van der Waals surface area (Å²) in [6.07, 6.45) is -0.0702. The summed E-state index contributed by atoms with van der Waals surface area (Å²) in [5.41, 5.74) is 0.877. The average Bonchev–Trinajstić information content (AvgIpc) is 3.29. The van der Waals surface area contributed by atoms with Crippen molar-refractivity contribution in [1.29, 1.82) is 0 Å². The van der Waals surface area contributed by atoms with Crippen LogP contribution in [0, 0.1) is 0 Å². The zero-order chi connectivity index (χ0) is 23.9. The molecule has 0 unspecified atom stereocenters. The van der Waals surface area contributed by atoms with E-state index in [-0.39, 0.29) is 23.5 Å². The fourth-order valence-corrected chi connectivity index (χ4v) is 4.66. The summed E-state index contributed by atoms with van der Waals surface area (Å²) < 4.78 is 40.1. The molecule has 3 N–H and O–H groups in total. The van der Waals surface area contributed by atoms with E-state index in [2.05, 4.69) is 25.8 Å². The largest absolute Gasteiger partial charge is 0.433 e. The fourth-order valence-electron chi connectivity index (χ4n) is 4.49. The Morgan fingerprint density at radius 2 is 1.82 bits per heavy atom. The number of fused-ring (bicyclic) bond motifs is 2. The second kappa shape index (κ2) is 8.79. The lowest BCUT2D eigenvalue weighted by Gasteiger charge is -2.31. The molecule has 176 valence electrons. The second-order valence-electron chi connectivity index (χ2n) is 8.52. The summed E-state index contributed by atoms with van der Waals surface area (Å²) in [7, 11) is 0. The van der Waals surface area contributed by atoms with Crippen LogP contribution in [0.5, 0.6) is 0 Å². The van der Waals surface area contributed by atoms with Crippen molar-refractivity contribution in [3.8, 4) is 0 Å². The zero-order valence-electron chi connectivity index (χ0n) is 17.9. The van der Waals surface area contributed by atoms with Crippen LogP contribution in [-0.4, -0.2) is 33.2 Å². The highest BCUT2D eigenvalue weighted by atomic mass is 35.5. The minimum atomic E-state index is -4.55. The van der Waals surface area contributed by atoms with Gasteiger partial charge in [-0.2, -0.15) is 18.3 Å². The van der Waals surface area contributed by atoms with Gasteiger partial charge in [0.2, 0.25) is 0 Å². The maximum absolute atomic E-state index is 13.4. The molecular formula is C24H21ClF3N5O. The molecule has 1 aliphatic rings. The van der Waals surface area contributed by atoms with Gasteiger partial charge < -0.3 is 10.6 Å². The number of nitrogens with zero attached hydrogens (tertiary/aromatic N) is 2. The van der Waals surface area contributed by atoms with Crippen molar-refractivity contribution in [3.63, 3.8) is 0 Å². The summed E-state index contributed by atoms with van der Waals surface area (Å²) in [6, 6.07) is 11.1. The van der Waals surface area contributed by atoms with E-state index in [0.29, 0.717) is 52.9 Å². The van der Waals surface area contributed by atoms with Gasteiger partial charge in [0.05, 0.1) is 22.8 Å². The number of carbonyl (C=O) groups is 1. The van der Waals surface area contributed by atoms with Gasteiger partial charge in [0.1, 0.15) is 5.69 Å². The molecule has 0 atom stereocenters. The molecule has 1 amide bonds. The first-order chi connectivity index (χ1) is 16.3. The van der Waals surface area contributed by atoms with E-state index in [1.54, 1.807) is 18.3 Å². The average molecular weight is 488 g/mol. The Balaban J connectivity index is 1.28. The van der Waals surface area contributed by atoms with Crippen LogP contribution in [-0.2, 0) is 6.18 Å². The smallest absolute Gasteiger partial charge is 0.382 e. The number of alkyl halides is 3. The first-order valence-corrected chi connectivity index (χ1v) is 11.3. The van der Waals surface area contributed by atoms with Crippen molar-refractivity contribution in [2.24, 2.45) is 0 Å². The predicted octanol–water partition coefficient (Wildman–Crippen LogP) is 5.94. The molecule has 2 aromatic heterocycles. The van der Waals surface area contributed by atoms with Crippen molar-refractivity contribution in [2.75, 3.05) is 5.32 Å². The Morgan fingerprint density at radius 1 is 1.06 bits per heavy atom. The molecule has 2 aromatic carbocycles. The first kappa shape index (κ1) is 22.5. The number of benzene rings is 2. The predicted molar refractivity (Wildman–Crippen MR) is 125 cm³/mol. The van der Waals surface area contributed by atoms with Gasteiger partial charge in [0, 0.05) is 33.6 Å². The lowest BCUT2D eigenvalue weighted by molar-refractivity contribution is -0.140. The van der Waals surface area contributed by atoms with Crippen LogP contribution < -0.4 is 10.6 Å². The minimum Gasteiger partial charge on any atom is -0.382 e. The molecule has 34 heavy (non-hydrogen) atoms. The third kappa shape index (κ3) is 4.52. The van der Waals surface area contributed by atoms with Gasteiger partial charge in [-0.05, 0) is 56.0 Å². The van der Waals surface area contributed by atoms with Crippen LogP contribution in [0.3, 0.4) is 0 Å². The molecule has 4 aromatic rings. The molecule has 1 saturated carbocycles. The number of carbonyl (C=O) groups excluding carboxylic acids is 1. The SMILES string of the molecule is O=C(NC1CCC(Nc2cc(C(F)(F)F)nc3ccc(Cl)cc23)CC1)c1cccc2cn[nH]c12. The number of H-pyrrole nitrogens is 1. The van der Waals surface area contributed by atoms with E-state index >= 15 is 0 Å². The number of aromatic nitrogens is 3. The summed E-state index contributed by atoms with van der Waals surface area (Å²) >= 11 is 6.09. The highest BCUT2D eigenvalue weighted by Crippen LogP contribution is 2.35. The molecule has 0 bridgehead atoms. The van der Waals surface area contributed by atoms with Gasteiger partial charge in [-0.3, -0.25) is 9.89 Å². The number of rotatable bonds is 4. The van der Waals surface area contributed by atoms with Crippen molar-refractivity contribution in [1.82, 2.24) is 20.5 Å². The van der Waals surface area contributed by atoms with Gasteiger partial charge in [-0.15, -0.1) is 0 Å². The molecule has 0 aliphatic heterocycles. The number of halogens is 4. The number of pyridine rings is 1. The number of para-hydroxylation sites is 1. The maximum Gasteiger partial charge on any atom is 0.433 e. The van der Waals surface area contributed by atoms with Crippen LogP contribution >= 0.6 is 11.6 Å². The number of hydrogen-bond donors (Lipinski definition) is 3. The molecule has 1 fully saturated rings. The van der Waals surface area contributed by atoms with Crippen molar-refractivity contribution in [3.05, 3.63) is 64.9 Å². The number of anilines is 1. The molecule has 2 heterocycles. The third-order valence-electron chi connectivity index (χ3n) is 6.20. The molecule has 0 saturated heterocycles. The van der Waals surface area contributed by atoms with Gasteiger partial charge in [0.15, 0.2) is 0 Å². The molecule has 6 nitrogen and oxygen atoms in total. The van der Waals surface area contributed by atoms with E-state index in [1.807, 2.05) is 12.1 Å². The Labute approximate surface area is 197 Å². The van der Waals surface area contributed by atoms with E-state index < -0.39 is 11.9 Å². The highest BCUT2D eigenvalue weighted by molar-refractivity contribution is 6.31. The summed E-state index contributed by atoms with van der Waals surface area (Å²) in [5, 5.41) is 15.0. The van der Waals surface area contributed by atoms with E-state index in [4.69, 9.17) is 11.6 Å². The zero-order valence-corrected chi connectivity index (χ0v) is 18.7. The standard InChI is InChI=1S/C24H21ClF3N5O/c25-14-4-9-19-18(10-14)20(11-21(32-19)24(26,27)28)30-15-5-7-16(8-6-15)31-23(34)17-3-1-2-13-12-29-33-22(13)17/h1-4,9-12,15-16H,5-8H2,(H,29,33)(H,30,32)(H,31,34). The minimum absolute atomic E-state index is 0.0157. The van der Waals surface area contributed by atoms with Gasteiger partial charge >= 0.3 is 6.18 Å². The van der Waals surface area contributed by atoms with Crippen LogP contribution in [0.15, 0.2) is 48.7 Å². The van der Waals surface area contributed by atoms with Crippen molar-refractivity contribution in [2.45, 2.75) is 43.9 Å². The fraction of sp³-hybridized carbons (Fsp3) is 0.292. The van der Waals surface area contributed by atoms with Crippen LogP contribution in [0.1, 0.15) is 41.7 Å². The Hall–Kier alpha value is -3.33. The first-order valence-electron chi connectivity index (χ1n) is 10.9. The summed E-state index contributed by atoms with van der Waals surface area (Å²) in [4.78, 5) is 16.6. The number of aromatic amines is 1. The van der Waals surface area contributed by atoms with E-state index in [0.717, 1.165) is 11.5 Å². The van der Waals surface area contributed by atoms with Gasteiger partial charge in [-0.1, -0.05) is 23.7 Å². The van der Waals surface area contributed by atoms with Crippen LogP contribution in [0.25, 0.3) is 21.8 Å². The van der Waals surface area contributed by atoms with Crippen LogP contribution in [0.4, 0.5) is 18.9 Å². The normalized spacial score (nSPS) is 18.8. The van der Waals surface area contributed by atoms with Crippen molar-refractivity contribution >= 4 is 45.0 Å². The van der Waals surface area contributed by atoms with Crippen LogP contribution in [0.2, 0.25) is 5.02 Å². The third-order valence-corrected chi connectivity index (χ3v) is 6.44. The molecule has 5 rings (SSSR count). The van der Waals surface area contributed by atoms with Gasteiger partial charge in [-0.25, -0.2) is 4.98 Å². The highest BCUT2D eigenvalue weighted by Gasteiger charge is 2.34. The Bertz CT molecular complexity index is 1360. The van der Waals surface area contributed by atoms with Crippen molar-refractivity contribution < 1.29 is 18.0 Å². The Morgan fingerprint density at radius 3 is 2.59 bits per heavy atom. The number of nitrogens with one attached hydrogen (secondary N) is 3. The molecule has 1 aliphatic carbocycles. The lowest BCUT2D eigenvalue weighted by atomic mass is 9.90. The Kier molecular flexibility index (Phi) is 5.81. The second-order valence-corrected chi connectivity index (χ2v) is 8.96. The molecule has 0 spiro atoms. The maximum atomic E-state index is 13.4. The lowest BCUT2D eigenvalue weighted by Crippen LogP contribution is -2.40. The topological polar surface area (TPSA) is 82.7 Å². The molecule has 0 radical (unpaired) electrons. The molecular weight excluding hydrogens is 467 g/mol. The molecule has 10 heteroatoms. The van der Waals surface area contributed by atoms with E-state index in [1.165, 1.54) is 12.1 Å². The summed E-state index contributed by atoms with van der Waals surface area (Å²) in [5.74, 6) is -0.171. The number of amides is 1. The monoisotopic (exact) mass is 487 g/mol. The summed E-state index contributed by atoms with van der Waals surface area (Å²) in [6.45, 7) is 0. The van der Waals surface area contributed by atoms with E-state index in [9.17, 15) is 18.0 Å². The van der Waals surface area contributed by atoms with Gasteiger partial charge in [0.25, 0.3) is 5.91 Å².